The van der Waals surface area contributed by atoms with Gasteiger partial charge >= 0.3 is 0 Å². The van der Waals surface area contributed by atoms with Gasteiger partial charge in [-0.15, -0.1) is 11.6 Å². The normalized spacial score (nSPS) is 9.75. The van der Waals surface area contributed by atoms with Gasteiger partial charge in [0.1, 0.15) is 6.61 Å². The van der Waals surface area contributed by atoms with Gasteiger partial charge in [0, 0.05) is 5.88 Å². The van der Waals surface area contributed by atoms with Gasteiger partial charge in [0.15, 0.2) is 0 Å². The van der Waals surface area contributed by atoms with Crippen LogP contribution in [0.15, 0.2) is 0 Å². The lowest BCUT2D eigenvalue weighted by atomic mass is 10.8. The Morgan fingerprint density at radius 1 is 1.25 bits per heavy atom. The molecule has 0 atom stereocenters. The number of rotatable bonds is 5. The largest absolute Gasteiger partial charge is 0.394 e. The lowest BCUT2D eigenvalue weighted by Crippen LogP contribution is -2.01. The van der Waals surface area contributed by atoms with Gasteiger partial charge in [0.2, 0.25) is 0 Å². The van der Waals surface area contributed by atoms with Crippen molar-refractivity contribution in [3.05, 3.63) is 0 Å². The molecule has 0 saturated carbocycles. The molecule has 0 saturated heterocycles. The number of hydrogen-bond donors (Lipinski definition) is 1. The molecule has 0 aromatic carbocycles. The Bertz CT molecular complexity index is 36.3. The van der Waals surface area contributed by atoms with Crippen molar-refractivity contribution < 1.29 is 14.9 Å². The fourth-order valence-corrected chi connectivity index (χ4v) is 0.250. The number of alkyl halides is 1. The van der Waals surface area contributed by atoms with E-state index in [1.807, 2.05) is 0 Å². The first-order valence-corrected chi connectivity index (χ1v) is 2.86. The molecule has 4 heteroatoms. The Labute approximate surface area is 53.1 Å². The molecule has 0 radical (unpaired) electrons. The predicted octanol–water partition coefficient (Wildman–Crippen LogP) is 0.166. The molecular weight excluding hydrogens is 131 g/mol. The highest BCUT2D eigenvalue weighted by atomic mass is 35.5. The van der Waals surface area contributed by atoms with E-state index in [4.69, 9.17) is 16.7 Å². The quantitative estimate of drug-likeness (QED) is 0.256. The Morgan fingerprint density at radius 2 is 1.88 bits per heavy atom. The van der Waals surface area contributed by atoms with Gasteiger partial charge < -0.3 is 5.11 Å². The van der Waals surface area contributed by atoms with Gasteiger partial charge in [0.05, 0.1) is 13.2 Å². The van der Waals surface area contributed by atoms with E-state index in [2.05, 4.69) is 9.78 Å². The molecule has 0 amide bonds. The van der Waals surface area contributed by atoms with Crippen LogP contribution in [-0.2, 0) is 9.78 Å². The van der Waals surface area contributed by atoms with Gasteiger partial charge in [-0.2, -0.15) is 0 Å². The molecule has 1 N–H and O–H groups in total. The lowest BCUT2D eigenvalue weighted by molar-refractivity contribution is -0.293. The standard InChI is InChI=1S/C4H9ClO3/c5-1-3-7-8-4-2-6/h6H,1-4H2. The van der Waals surface area contributed by atoms with Gasteiger partial charge in [0.25, 0.3) is 0 Å². The molecule has 0 fully saturated rings. The van der Waals surface area contributed by atoms with E-state index in [-0.39, 0.29) is 13.2 Å². The number of halogens is 1. The highest BCUT2D eigenvalue weighted by molar-refractivity contribution is 6.17. The molecule has 3 nitrogen and oxygen atoms in total. The van der Waals surface area contributed by atoms with Crippen LogP contribution in [-0.4, -0.2) is 30.8 Å². The zero-order valence-corrected chi connectivity index (χ0v) is 5.23. The second kappa shape index (κ2) is 7.17. The predicted molar refractivity (Wildman–Crippen MR) is 29.7 cm³/mol. The van der Waals surface area contributed by atoms with Crippen LogP contribution >= 0.6 is 11.6 Å². The fourth-order valence-electron chi connectivity index (χ4n) is 0.187. The van der Waals surface area contributed by atoms with Crippen LogP contribution < -0.4 is 0 Å². The Balaban J connectivity index is 2.53. The van der Waals surface area contributed by atoms with E-state index >= 15 is 0 Å². The van der Waals surface area contributed by atoms with Crippen LogP contribution in [0.25, 0.3) is 0 Å². The third-order valence-corrected chi connectivity index (χ3v) is 0.573. The van der Waals surface area contributed by atoms with Crippen molar-refractivity contribution >= 4 is 11.6 Å². The van der Waals surface area contributed by atoms with Crippen molar-refractivity contribution in [1.82, 2.24) is 0 Å². The smallest absolute Gasteiger partial charge is 0.105 e. The Morgan fingerprint density at radius 3 is 2.38 bits per heavy atom. The zero-order valence-electron chi connectivity index (χ0n) is 4.47. The minimum absolute atomic E-state index is 0.0255. The number of hydrogen-bond acceptors (Lipinski definition) is 3. The van der Waals surface area contributed by atoms with Crippen molar-refractivity contribution in [2.24, 2.45) is 0 Å². The Kier molecular flexibility index (Phi) is 7.32. The van der Waals surface area contributed by atoms with Crippen LogP contribution in [0.3, 0.4) is 0 Å². The second-order valence-corrected chi connectivity index (χ2v) is 1.43. The van der Waals surface area contributed by atoms with Crippen molar-refractivity contribution in [3.63, 3.8) is 0 Å². The summed E-state index contributed by atoms with van der Waals surface area (Å²) in [6.07, 6.45) is 0. The summed E-state index contributed by atoms with van der Waals surface area (Å²) in [5.41, 5.74) is 0. The summed E-state index contributed by atoms with van der Waals surface area (Å²) < 4.78 is 0. The molecular formula is C4H9ClO3. The van der Waals surface area contributed by atoms with E-state index in [9.17, 15) is 0 Å². The van der Waals surface area contributed by atoms with Gasteiger partial charge in [-0.25, -0.2) is 9.78 Å². The van der Waals surface area contributed by atoms with Crippen molar-refractivity contribution in [3.8, 4) is 0 Å². The summed E-state index contributed by atoms with van der Waals surface area (Å²) in [6.45, 7) is 0.542. The van der Waals surface area contributed by atoms with Crippen LogP contribution in [0.5, 0.6) is 0 Å². The highest BCUT2D eigenvalue weighted by Gasteiger charge is 1.83. The monoisotopic (exact) mass is 140 g/mol. The first-order chi connectivity index (χ1) is 3.91. The molecule has 0 aromatic rings. The minimum atomic E-state index is -0.0255. The van der Waals surface area contributed by atoms with Crippen LogP contribution in [0, 0.1) is 0 Å². The molecule has 8 heavy (non-hydrogen) atoms. The topological polar surface area (TPSA) is 38.7 Å². The van der Waals surface area contributed by atoms with Crippen molar-refractivity contribution in [2.75, 3.05) is 25.7 Å². The lowest BCUT2D eigenvalue weighted by Gasteiger charge is -1.96. The Hall–Kier alpha value is 0.170. The van der Waals surface area contributed by atoms with Gasteiger partial charge in [-0.3, -0.25) is 0 Å². The first kappa shape index (κ1) is 8.17. The molecule has 50 valence electrons. The summed E-state index contributed by atoms with van der Waals surface area (Å²) >= 11 is 5.21. The zero-order chi connectivity index (χ0) is 6.24. The molecule has 0 spiro atoms. The highest BCUT2D eigenvalue weighted by Crippen LogP contribution is 1.79. The maximum Gasteiger partial charge on any atom is 0.105 e. The molecule has 0 unspecified atom stereocenters. The molecule has 0 aromatic heterocycles. The van der Waals surface area contributed by atoms with Gasteiger partial charge in [-0.05, 0) is 0 Å². The maximum atomic E-state index is 8.13. The molecule has 0 aliphatic rings. The molecule has 0 rings (SSSR count). The van der Waals surface area contributed by atoms with E-state index < -0.39 is 0 Å². The second-order valence-electron chi connectivity index (χ2n) is 1.06. The number of aliphatic hydroxyl groups is 1. The van der Waals surface area contributed by atoms with Crippen molar-refractivity contribution in [2.45, 2.75) is 0 Å². The third kappa shape index (κ3) is 6.17. The summed E-state index contributed by atoms with van der Waals surface area (Å²) in [6, 6.07) is 0. The average Bonchev–Trinajstić information content (AvgIpc) is 1.81. The third-order valence-electron chi connectivity index (χ3n) is 0.418. The van der Waals surface area contributed by atoms with Crippen LogP contribution in [0.4, 0.5) is 0 Å². The summed E-state index contributed by atoms with van der Waals surface area (Å²) in [7, 11) is 0. The average molecular weight is 141 g/mol. The van der Waals surface area contributed by atoms with Crippen LogP contribution in [0.2, 0.25) is 0 Å². The van der Waals surface area contributed by atoms with Crippen molar-refractivity contribution in [1.29, 1.82) is 0 Å². The maximum absolute atomic E-state index is 8.13. The van der Waals surface area contributed by atoms with E-state index in [0.29, 0.717) is 12.5 Å². The molecule has 0 aliphatic carbocycles. The van der Waals surface area contributed by atoms with E-state index in [1.165, 1.54) is 0 Å². The molecule has 0 aliphatic heterocycles. The fraction of sp³-hybridized carbons (Fsp3) is 1.00. The summed E-state index contributed by atoms with van der Waals surface area (Å²) in [4.78, 5) is 8.82. The first-order valence-electron chi connectivity index (χ1n) is 2.33. The molecule has 0 heterocycles. The van der Waals surface area contributed by atoms with Gasteiger partial charge in [-0.1, -0.05) is 0 Å². The molecule has 0 bridgehead atoms. The summed E-state index contributed by atoms with van der Waals surface area (Å²) in [5, 5.41) is 8.13. The van der Waals surface area contributed by atoms with E-state index in [0.717, 1.165) is 0 Å². The van der Waals surface area contributed by atoms with Crippen LogP contribution in [0.1, 0.15) is 0 Å². The number of aliphatic hydroxyl groups excluding tert-OH is 1. The van der Waals surface area contributed by atoms with E-state index in [1.54, 1.807) is 0 Å². The minimum Gasteiger partial charge on any atom is -0.394 e. The summed E-state index contributed by atoms with van der Waals surface area (Å²) in [5.74, 6) is 0.408. The SMILES string of the molecule is OCCOOCCCl.